The normalized spacial score (nSPS) is 11.2. The number of hydrogen-bond donors (Lipinski definition) is 0. The molecule has 2 aromatic carbocycles. The van der Waals surface area contributed by atoms with Crippen LogP contribution in [0.25, 0.3) is 11.1 Å². The molecule has 3 nitrogen and oxygen atoms in total. The number of para-hydroxylation sites is 1. The first-order chi connectivity index (χ1) is 10.8. The van der Waals surface area contributed by atoms with Gasteiger partial charge in [0.2, 0.25) is 0 Å². The van der Waals surface area contributed by atoms with E-state index in [1.54, 1.807) is 12.1 Å². The molecule has 7 heteroatoms. The lowest BCUT2D eigenvalue weighted by atomic mass is 9.99. The van der Waals surface area contributed by atoms with Crippen molar-refractivity contribution in [2.24, 2.45) is 0 Å². The number of ether oxygens (including phenoxy) is 2. The number of esters is 1. The third-order valence-electron chi connectivity index (χ3n) is 3.21. The lowest BCUT2D eigenvalue weighted by Gasteiger charge is -2.15. The van der Waals surface area contributed by atoms with Gasteiger partial charge in [-0.25, -0.2) is 4.79 Å². The second kappa shape index (κ2) is 6.77. The summed E-state index contributed by atoms with van der Waals surface area (Å²) >= 11 is 1.94. The standard InChI is InChI=1S/C16H12F3IO3/c1-22-14-10(4-3-5-11(14)15(21)23-2)12-8-9(16(17,18)19)6-7-13(12)20/h3-8H,1-2H3. The van der Waals surface area contributed by atoms with Crippen molar-refractivity contribution in [2.45, 2.75) is 6.18 Å². The molecule has 0 fully saturated rings. The van der Waals surface area contributed by atoms with Gasteiger partial charge in [-0.1, -0.05) is 12.1 Å². The Kier molecular flexibility index (Phi) is 5.18. The van der Waals surface area contributed by atoms with Crippen LogP contribution in [-0.2, 0) is 10.9 Å². The highest BCUT2D eigenvalue weighted by Crippen LogP contribution is 2.39. The van der Waals surface area contributed by atoms with Crippen molar-refractivity contribution in [1.82, 2.24) is 0 Å². The van der Waals surface area contributed by atoms with Crippen molar-refractivity contribution in [3.8, 4) is 16.9 Å². The molecule has 0 N–H and O–H groups in total. The summed E-state index contributed by atoms with van der Waals surface area (Å²) in [6.45, 7) is 0. The summed E-state index contributed by atoms with van der Waals surface area (Å²) in [6, 6.07) is 8.10. The predicted molar refractivity (Wildman–Crippen MR) is 87.5 cm³/mol. The van der Waals surface area contributed by atoms with Crippen LogP contribution in [0.3, 0.4) is 0 Å². The van der Waals surface area contributed by atoms with Crippen molar-refractivity contribution in [3.05, 3.63) is 51.1 Å². The Bertz CT molecular complexity index is 742. The number of carbonyl (C=O) groups is 1. The first-order valence-electron chi connectivity index (χ1n) is 6.42. The molecular formula is C16H12F3IO3. The summed E-state index contributed by atoms with van der Waals surface area (Å²) < 4.78 is 49.4. The zero-order chi connectivity index (χ0) is 17.2. The maximum absolute atomic E-state index is 13.0. The highest BCUT2D eigenvalue weighted by molar-refractivity contribution is 14.1. The molecule has 0 aliphatic rings. The predicted octanol–water partition coefficient (Wildman–Crippen LogP) is 4.77. The molecule has 0 saturated heterocycles. The Balaban J connectivity index is 2.69. The third kappa shape index (κ3) is 3.60. The van der Waals surface area contributed by atoms with E-state index in [4.69, 9.17) is 4.74 Å². The second-order valence-corrected chi connectivity index (χ2v) is 5.73. The molecule has 0 aliphatic carbocycles. The van der Waals surface area contributed by atoms with Crippen LogP contribution in [0.5, 0.6) is 5.75 Å². The number of benzene rings is 2. The van der Waals surface area contributed by atoms with Crippen molar-refractivity contribution < 1.29 is 27.4 Å². The van der Waals surface area contributed by atoms with Gasteiger partial charge in [-0.05, 0) is 52.4 Å². The lowest BCUT2D eigenvalue weighted by Crippen LogP contribution is -2.07. The Morgan fingerprint density at radius 3 is 2.35 bits per heavy atom. The molecule has 0 aromatic heterocycles. The Labute approximate surface area is 144 Å². The average Bonchev–Trinajstić information content (AvgIpc) is 2.52. The summed E-state index contributed by atoms with van der Waals surface area (Å²) in [5.74, 6) is -0.442. The highest BCUT2D eigenvalue weighted by atomic mass is 127. The Morgan fingerprint density at radius 2 is 1.78 bits per heavy atom. The van der Waals surface area contributed by atoms with E-state index >= 15 is 0 Å². The van der Waals surface area contributed by atoms with Crippen LogP contribution in [0.4, 0.5) is 13.2 Å². The Morgan fingerprint density at radius 1 is 1.09 bits per heavy atom. The number of halogens is 4. The van der Waals surface area contributed by atoms with Crippen LogP contribution < -0.4 is 4.74 Å². The second-order valence-electron chi connectivity index (χ2n) is 4.57. The maximum Gasteiger partial charge on any atom is 0.416 e. The summed E-state index contributed by atoms with van der Waals surface area (Å²) in [4.78, 5) is 11.8. The molecule has 0 aliphatic heterocycles. The van der Waals surface area contributed by atoms with Crippen LogP contribution in [0, 0.1) is 3.57 Å². The minimum Gasteiger partial charge on any atom is -0.495 e. The van der Waals surface area contributed by atoms with Crippen LogP contribution >= 0.6 is 22.6 Å². The quantitative estimate of drug-likeness (QED) is 0.514. The molecule has 0 unspecified atom stereocenters. The first kappa shape index (κ1) is 17.6. The minimum absolute atomic E-state index is 0.153. The molecule has 2 aromatic rings. The smallest absolute Gasteiger partial charge is 0.416 e. The molecular weight excluding hydrogens is 424 g/mol. The molecule has 0 amide bonds. The van der Waals surface area contributed by atoms with E-state index in [9.17, 15) is 18.0 Å². The molecule has 0 atom stereocenters. The van der Waals surface area contributed by atoms with Gasteiger partial charge >= 0.3 is 12.1 Å². The molecule has 0 spiro atoms. The van der Waals surface area contributed by atoms with Gasteiger partial charge in [0.15, 0.2) is 0 Å². The van der Waals surface area contributed by atoms with E-state index in [-0.39, 0.29) is 11.3 Å². The van der Waals surface area contributed by atoms with Gasteiger partial charge in [0.05, 0.1) is 19.8 Å². The fourth-order valence-electron chi connectivity index (χ4n) is 2.15. The minimum atomic E-state index is -4.45. The van der Waals surface area contributed by atoms with Gasteiger partial charge in [0.1, 0.15) is 11.3 Å². The van der Waals surface area contributed by atoms with Crippen molar-refractivity contribution in [1.29, 1.82) is 0 Å². The highest BCUT2D eigenvalue weighted by Gasteiger charge is 2.31. The van der Waals surface area contributed by atoms with E-state index in [1.165, 1.54) is 26.4 Å². The molecule has 23 heavy (non-hydrogen) atoms. The van der Waals surface area contributed by atoms with E-state index in [0.29, 0.717) is 14.7 Å². The van der Waals surface area contributed by atoms with Crippen molar-refractivity contribution >= 4 is 28.6 Å². The number of methoxy groups -OCH3 is 2. The van der Waals surface area contributed by atoms with Crippen LogP contribution in [0.1, 0.15) is 15.9 Å². The van der Waals surface area contributed by atoms with Crippen LogP contribution in [-0.4, -0.2) is 20.2 Å². The molecule has 0 radical (unpaired) electrons. The summed E-state index contributed by atoms with van der Waals surface area (Å²) in [5, 5.41) is 0. The van der Waals surface area contributed by atoms with Gasteiger partial charge in [-0.2, -0.15) is 13.2 Å². The molecule has 0 heterocycles. The molecule has 0 saturated carbocycles. The Hall–Kier alpha value is -1.77. The van der Waals surface area contributed by atoms with E-state index < -0.39 is 17.7 Å². The number of rotatable bonds is 3. The average molecular weight is 436 g/mol. The number of hydrogen-bond acceptors (Lipinski definition) is 3. The van der Waals surface area contributed by atoms with Crippen molar-refractivity contribution in [3.63, 3.8) is 0 Å². The number of carbonyl (C=O) groups excluding carboxylic acids is 1. The summed E-state index contributed by atoms with van der Waals surface area (Å²) in [5.41, 5.74) is 0.119. The van der Waals surface area contributed by atoms with Gasteiger partial charge in [0.25, 0.3) is 0 Å². The monoisotopic (exact) mass is 436 g/mol. The largest absolute Gasteiger partial charge is 0.495 e. The summed E-state index contributed by atoms with van der Waals surface area (Å²) in [7, 11) is 2.58. The van der Waals surface area contributed by atoms with Crippen LogP contribution in [0.2, 0.25) is 0 Å². The zero-order valence-corrected chi connectivity index (χ0v) is 14.4. The fraction of sp³-hybridized carbons (Fsp3) is 0.188. The first-order valence-corrected chi connectivity index (χ1v) is 7.50. The lowest BCUT2D eigenvalue weighted by molar-refractivity contribution is -0.137. The van der Waals surface area contributed by atoms with E-state index in [2.05, 4.69) is 4.74 Å². The number of alkyl halides is 3. The molecule has 122 valence electrons. The fourth-order valence-corrected chi connectivity index (χ4v) is 2.77. The maximum atomic E-state index is 13.0. The van der Waals surface area contributed by atoms with E-state index in [1.807, 2.05) is 22.6 Å². The third-order valence-corrected chi connectivity index (χ3v) is 4.15. The van der Waals surface area contributed by atoms with Crippen LogP contribution in [0.15, 0.2) is 36.4 Å². The van der Waals surface area contributed by atoms with E-state index in [0.717, 1.165) is 12.1 Å². The summed E-state index contributed by atoms with van der Waals surface area (Å²) in [6.07, 6.45) is -4.45. The molecule has 2 rings (SSSR count). The molecule has 0 bridgehead atoms. The van der Waals surface area contributed by atoms with Gasteiger partial charge in [-0.15, -0.1) is 0 Å². The topological polar surface area (TPSA) is 35.5 Å². The van der Waals surface area contributed by atoms with Crippen molar-refractivity contribution in [2.75, 3.05) is 14.2 Å². The SMILES string of the molecule is COC(=O)c1cccc(-c2cc(C(F)(F)F)ccc2I)c1OC. The van der Waals surface area contributed by atoms with Gasteiger partial charge in [-0.3, -0.25) is 0 Å². The zero-order valence-electron chi connectivity index (χ0n) is 12.2. The van der Waals surface area contributed by atoms with Gasteiger partial charge in [0, 0.05) is 9.13 Å². The van der Waals surface area contributed by atoms with Gasteiger partial charge < -0.3 is 9.47 Å².